The Kier molecular flexibility index (Phi) is 3.75. The van der Waals surface area contributed by atoms with Crippen molar-refractivity contribution in [1.82, 2.24) is 19.5 Å². The molecule has 0 bridgehead atoms. The maximum Gasteiger partial charge on any atom is 0.152 e. The first-order chi connectivity index (χ1) is 8.87. The van der Waals surface area contributed by atoms with Crippen LogP contribution < -0.4 is 5.32 Å². The molecule has 104 valence electrons. The summed E-state index contributed by atoms with van der Waals surface area (Å²) >= 11 is 0. The van der Waals surface area contributed by atoms with Crippen molar-refractivity contribution in [2.75, 3.05) is 32.5 Å². The smallest absolute Gasteiger partial charge is 0.152 e. The minimum Gasteiger partial charge on any atom is -0.368 e. The van der Waals surface area contributed by atoms with E-state index in [0.29, 0.717) is 0 Å². The third kappa shape index (κ3) is 3.44. The molecule has 0 aromatic carbocycles. The molecule has 2 rings (SSSR count). The standard InChI is InChI=1S/C14H23N5/c1-11-8-12-13(15-6-7-19(12)17-11)16-9-14(2,3)10-18(4)5/h6-8H,9-10H2,1-5H3,(H,15,16). The van der Waals surface area contributed by atoms with E-state index in [1.807, 2.05) is 23.7 Å². The molecule has 0 aliphatic heterocycles. The molecule has 0 radical (unpaired) electrons. The predicted octanol–water partition coefficient (Wildman–Crippen LogP) is 2.04. The zero-order valence-electron chi connectivity index (χ0n) is 12.4. The van der Waals surface area contributed by atoms with E-state index < -0.39 is 0 Å². The molecule has 0 spiro atoms. The topological polar surface area (TPSA) is 45.5 Å². The number of anilines is 1. The Hall–Kier alpha value is -1.62. The van der Waals surface area contributed by atoms with Gasteiger partial charge in [-0.05, 0) is 32.5 Å². The molecule has 0 aliphatic rings. The van der Waals surface area contributed by atoms with Gasteiger partial charge in [-0.1, -0.05) is 13.8 Å². The highest BCUT2D eigenvalue weighted by Crippen LogP contribution is 2.19. The van der Waals surface area contributed by atoms with E-state index in [-0.39, 0.29) is 5.41 Å². The molecule has 5 nitrogen and oxygen atoms in total. The molecule has 0 aliphatic carbocycles. The van der Waals surface area contributed by atoms with Crippen LogP contribution in [0.1, 0.15) is 19.5 Å². The minimum atomic E-state index is 0.188. The van der Waals surface area contributed by atoms with E-state index in [0.717, 1.165) is 30.1 Å². The van der Waals surface area contributed by atoms with Crippen molar-refractivity contribution in [3.05, 3.63) is 24.2 Å². The summed E-state index contributed by atoms with van der Waals surface area (Å²) in [4.78, 5) is 6.62. The molecule has 1 N–H and O–H groups in total. The van der Waals surface area contributed by atoms with Crippen molar-refractivity contribution in [3.63, 3.8) is 0 Å². The van der Waals surface area contributed by atoms with Crippen molar-refractivity contribution in [2.45, 2.75) is 20.8 Å². The van der Waals surface area contributed by atoms with Gasteiger partial charge in [0.1, 0.15) is 5.52 Å². The Bertz CT molecular complexity index is 556. The third-order valence-electron chi connectivity index (χ3n) is 2.99. The van der Waals surface area contributed by atoms with E-state index in [4.69, 9.17) is 0 Å². The Morgan fingerprint density at radius 1 is 1.37 bits per heavy atom. The Morgan fingerprint density at radius 3 is 2.79 bits per heavy atom. The lowest BCUT2D eigenvalue weighted by Gasteiger charge is -2.28. The first kappa shape index (κ1) is 13.8. The molecule has 0 amide bonds. The first-order valence-electron chi connectivity index (χ1n) is 6.57. The molecule has 0 saturated carbocycles. The van der Waals surface area contributed by atoms with Crippen LogP contribution in [-0.2, 0) is 0 Å². The average Bonchev–Trinajstić information content (AvgIpc) is 2.65. The van der Waals surface area contributed by atoms with Crippen molar-refractivity contribution < 1.29 is 0 Å². The van der Waals surface area contributed by atoms with Gasteiger partial charge >= 0.3 is 0 Å². The normalized spacial score (nSPS) is 12.3. The second-order valence-electron chi connectivity index (χ2n) is 6.15. The molecule has 0 unspecified atom stereocenters. The lowest BCUT2D eigenvalue weighted by atomic mass is 9.93. The second kappa shape index (κ2) is 5.17. The van der Waals surface area contributed by atoms with E-state index >= 15 is 0 Å². The van der Waals surface area contributed by atoms with Crippen molar-refractivity contribution >= 4 is 11.3 Å². The molecule has 0 saturated heterocycles. The molecule has 0 atom stereocenters. The number of rotatable bonds is 5. The fourth-order valence-electron chi connectivity index (χ4n) is 2.42. The zero-order valence-corrected chi connectivity index (χ0v) is 12.4. The first-order valence-corrected chi connectivity index (χ1v) is 6.57. The maximum atomic E-state index is 4.42. The highest BCUT2D eigenvalue weighted by molar-refractivity contribution is 5.67. The van der Waals surface area contributed by atoms with E-state index in [2.05, 4.69) is 48.2 Å². The van der Waals surface area contributed by atoms with Gasteiger partial charge < -0.3 is 10.2 Å². The van der Waals surface area contributed by atoms with Crippen LogP contribution in [0.4, 0.5) is 5.82 Å². The SMILES string of the molecule is Cc1cc2c(NCC(C)(C)CN(C)C)nccn2n1. The Balaban J connectivity index is 2.13. The minimum absolute atomic E-state index is 0.188. The number of hydrogen-bond acceptors (Lipinski definition) is 4. The number of aryl methyl sites for hydroxylation is 1. The van der Waals surface area contributed by atoms with Crippen molar-refractivity contribution in [1.29, 1.82) is 0 Å². The zero-order chi connectivity index (χ0) is 14.0. The number of fused-ring (bicyclic) bond motifs is 1. The summed E-state index contributed by atoms with van der Waals surface area (Å²) in [5, 5.41) is 7.84. The van der Waals surface area contributed by atoms with Crippen LogP contribution in [0.15, 0.2) is 18.5 Å². The van der Waals surface area contributed by atoms with Gasteiger partial charge in [0.15, 0.2) is 5.82 Å². The van der Waals surface area contributed by atoms with Crippen LogP contribution in [0.5, 0.6) is 0 Å². The van der Waals surface area contributed by atoms with Gasteiger partial charge in [0.25, 0.3) is 0 Å². The van der Waals surface area contributed by atoms with Gasteiger partial charge in [-0.3, -0.25) is 0 Å². The van der Waals surface area contributed by atoms with E-state index in [1.54, 1.807) is 6.20 Å². The number of aromatic nitrogens is 3. The largest absolute Gasteiger partial charge is 0.368 e. The molecule has 0 fully saturated rings. The highest BCUT2D eigenvalue weighted by atomic mass is 15.2. The van der Waals surface area contributed by atoms with Crippen LogP contribution in [0, 0.1) is 12.3 Å². The fourth-order valence-corrected chi connectivity index (χ4v) is 2.42. The summed E-state index contributed by atoms with van der Waals surface area (Å²) in [6, 6.07) is 2.05. The summed E-state index contributed by atoms with van der Waals surface area (Å²) in [5.41, 5.74) is 2.22. The van der Waals surface area contributed by atoms with Gasteiger partial charge in [-0.2, -0.15) is 5.10 Å². The van der Waals surface area contributed by atoms with Gasteiger partial charge in [-0.25, -0.2) is 9.50 Å². The summed E-state index contributed by atoms with van der Waals surface area (Å²) in [6.45, 7) is 8.40. The van der Waals surface area contributed by atoms with Crippen LogP contribution in [0.2, 0.25) is 0 Å². The van der Waals surface area contributed by atoms with Crippen LogP contribution in [0.25, 0.3) is 5.52 Å². The van der Waals surface area contributed by atoms with Gasteiger partial charge in [0, 0.05) is 25.5 Å². The van der Waals surface area contributed by atoms with E-state index in [9.17, 15) is 0 Å². The molecule has 5 heteroatoms. The average molecular weight is 261 g/mol. The molecule has 2 aromatic rings. The Labute approximate surface area is 114 Å². The van der Waals surface area contributed by atoms with Gasteiger partial charge in [0.05, 0.1) is 5.69 Å². The monoisotopic (exact) mass is 261 g/mol. The molecule has 19 heavy (non-hydrogen) atoms. The molecular formula is C14H23N5. The lowest BCUT2D eigenvalue weighted by molar-refractivity contribution is 0.254. The molecule has 2 aromatic heterocycles. The summed E-state index contributed by atoms with van der Waals surface area (Å²) < 4.78 is 1.86. The summed E-state index contributed by atoms with van der Waals surface area (Å²) in [6.07, 6.45) is 3.65. The predicted molar refractivity (Wildman–Crippen MR) is 78.5 cm³/mol. The summed E-state index contributed by atoms with van der Waals surface area (Å²) in [5.74, 6) is 0.898. The number of nitrogens with zero attached hydrogens (tertiary/aromatic N) is 4. The second-order valence-corrected chi connectivity index (χ2v) is 6.15. The van der Waals surface area contributed by atoms with Crippen molar-refractivity contribution in [3.8, 4) is 0 Å². The van der Waals surface area contributed by atoms with Crippen LogP contribution >= 0.6 is 0 Å². The van der Waals surface area contributed by atoms with Crippen LogP contribution in [-0.4, -0.2) is 46.7 Å². The van der Waals surface area contributed by atoms with Gasteiger partial charge in [0.2, 0.25) is 0 Å². The number of nitrogens with one attached hydrogen (secondary N) is 1. The third-order valence-corrected chi connectivity index (χ3v) is 2.99. The van der Waals surface area contributed by atoms with Gasteiger partial charge in [-0.15, -0.1) is 0 Å². The molecule has 2 heterocycles. The lowest BCUT2D eigenvalue weighted by Crippen LogP contribution is -2.34. The quantitative estimate of drug-likeness (QED) is 0.894. The fraction of sp³-hybridized carbons (Fsp3) is 0.571. The number of hydrogen-bond donors (Lipinski definition) is 1. The van der Waals surface area contributed by atoms with E-state index in [1.165, 1.54) is 0 Å². The molecular weight excluding hydrogens is 238 g/mol. The highest BCUT2D eigenvalue weighted by Gasteiger charge is 2.19. The van der Waals surface area contributed by atoms with Crippen LogP contribution in [0.3, 0.4) is 0 Å². The summed E-state index contributed by atoms with van der Waals surface area (Å²) in [7, 11) is 4.20. The maximum absolute atomic E-state index is 4.42. The Morgan fingerprint density at radius 2 is 2.11 bits per heavy atom. The van der Waals surface area contributed by atoms with Crippen molar-refractivity contribution in [2.24, 2.45) is 5.41 Å².